The van der Waals surface area contributed by atoms with E-state index in [0.29, 0.717) is 17.4 Å². The molecule has 0 aliphatic heterocycles. The van der Waals surface area contributed by atoms with Gasteiger partial charge in [-0.05, 0) is 38.5 Å². The summed E-state index contributed by atoms with van der Waals surface area (Å²) in [4.78, 5) is 14.0. The topological polar surface area (TPSA) is 20.3 Å². The van der Waals surface area contributed by atoms with Crippen molar-refractivity contribution < 1.29 is 9.18 Å². The third-order valence-electron chi connectivity index (χ3n) is 2.64. The van der Waals surface area contributed by atoms with E-state index >= 15 is 0 Å². The normalized spacial score (nSPS) is 10.7. The number of hydrogen-bond acceptors (Lipinski definition) is 1. The Balaban J connectivity index is 3.04. The predicted molar refractivity (Wildman–Crippen MR) is 71.1 cm³/mol. The number of nitrogens with zero attached hydrogens (tertiary/aromatic N) is 1. The molecule has 0 saturated heterocycles. The molecule has 0 unspecified atom stereocenters. The SMILES string of the molecule is Cc1ccc(F)cc1C(=O)N(CCBr)C(C)C. The van der Waals surface area contributed by atoms with Gasteiger partial charge in [0.15, 0.2) is 0 Å². The first-order valence-corrected chi connectivity index (χ1v) is 6.72. The zero-order valence-electron chi connectivity index (χ0n) is 10.3. The zero-order chi connectivity index (χ0) is 13.0. The number of rotatable bonds is 4. The summed E-state index contributed by atoms with van der Waals surface area (Å²) in [7, 11) is 0. The van der Waals surface area contributed by atoms with Crippen molar-refractivity contribution in [2.24, 2.45) is 0 Å². The van der Waals surface area contributed by atoms with Gasteiger partial charge in [0.1, 0.15) is 5.82 Å². The zero-order valence-corrected chi connectivity index (χ0v) is 11.9. The summed E-state index contributed by atoms with van der Waals surface area (Å²) in [6.07, 6.45) is 0. The third kappa shape index (κ3) is 3.53. The van der Waals surface area contributed by atoms with E-state index in [-0.39, 0.29) is 17.8 Å². The summed E-state index contributed by atoms with van der Waals surface area (Å²) in [5, 5.41) is 0.714. The van der Waals surface area contributed by atoms with Crippen molar-refractivity contribution in [3.05, 3.63) is 35.1 Å². The number of aryl methyl sites for hydroxylation is 1. The molecule has 0 fully saturated rings. The highest BCUT2D eigenvalue weighted by atomic mass is 79.9. The van der Waals surface area contributed by atoms with Gasteiger partial charge >= 0.3 is 0 Å². The van der Waals surface area contributed by atoms with E-state index in [2.05, 4.69) is 15.9 Å². The van der Waals surface area contributed by atoms with Crippen LogP contribution in [0.4, 0.5) is 4.39 Å². The Labute approximate surface area is 110 Å². The highest BCUT2D eigenvalue weighted by Gasteiger charge is 2.20. The molecule has 0 saturated carbocycles. The number of alkyl halides is 1. The van der Waals surface area contributed by atoms with Crippen molar-refractivity contribution in [2.45, 2.75) is 26.8 Å². The van der Waals surface area contributed by atoms with Gasteiger partial charge in [0.05, 0.1) is 0 Å². The minimum absolute atomic E-state index is 0.0997. The summed E-state index contributed by atoms with van der Waals surface area (Å²) in [5.74, 6) is -0.488. The molecule has 94 valence electrons. The molecule has 0 atom stereocenters. The van der Waals surface area contributed by atoms with Crippen molar-refractivity contribution in [3.63, 3.8) is 0 Å². The van der Waals surface area contributed by atoms with Gasteiger partial charge in [0, 0.05) is 23.5 Å². The number of amides is 1. The Morgan fingerprint density at radius 2 is 2.12 bits per heavy atom. The fraction of sp³-hybridized carbons (Fsp3) is 0.462. The lowest BCUT2D eigenvalue weighted by Gasteiger charge is -2.26. The molecular formula is C13H17BrFNO. The second kappa shape index (κ2) is 6.15. The molecule has 0 bridgehead atoms. The molecule has 17 heavy (non-hydrogen) atoms. The Bertz CT molecular complexity index is 406. The maximum atomic E-state index is 13.2. The Morgan fingerprint density at radius 1 is 1.47 bits per heavy atom. The molecule has 0 heterocycles. The summed E-state index contributed by atoms with van der Waals surface area (Å²) < 4.78 is 13.2. The van der Waals surface area contributed by atoms with Crippen molar-refractivity contribution in [3.8, 4) is 0 Å². The van der Waals surface area contributed by atoms with E-state index in [0.717, 1.165) is 5.56 Å². The van der Waals surface area contributed by atoms with Crippen molar-refractivity contribution in [1.29, 1.82) is 0 Å². The molecule has 1 rings (SSSR count). The van der Waals surface area contributed by atoms with Crippen LogP contribution in [0.2, 0.25) is 0 Å². The van der Waals surface area contributed by atoms with Gasteiger partial charge in [-0.3, -0.25) is 4.79 Å². The number of halogens is 2. The molecule has 0 N–H and O–H groups in total. The van der Waals surface area contributed by atoms with Gasteiger partial charge < -0.3 is 4.90 Å². The molecule has 4 heteroatoms. The molecular weight excluding hydrogens is 285 g/mol. The maximum Gasteiger partial charge on any atom is 0.254 e. The van der Waals surface area contributed by atoms with Crippen LogP contribution in [-0.2, 0) is 0 Å². The van der Waals surface area contributed by atoms with Crippen LogP contribution in [0.3, 0.4) is 0 Å². The number of carbonyl (C=O) groups excluding carboxylic acids is 1. The molecule has 0 spiro atoms. The lowest BCUT2D eigenvalue weighted by atomic mass is 10.1. The van der Waals surface area contributed by atoms with E-state index in [4.69, 9.17) is 0 Å². The van der Waals surface area contributed by atoms with Gasteiger partial charge in [0.25, 0.3) is 5.91 Å². The fourth-order valence-corrected chi connectivity index (χ4v) is 2.05. The van der Waals surface area contributed by atoms with Crippen LogP contribution in [0.15, 0.2) is 18.2 Å². The standard InChI is InChI=1S/C13H17BrFNO/c1-9(2)16(7-6-14)13(17)12-8-11(15)5-4-10(12)3/h4-5,8-9H,6-7H2,1-3H3. The molecule has 1 aromatic rings. The summed E-state index contributed by atoms with van der Waals surface area (Å²) in [5.41, 5.74) is 1.25. The monoisotopic (exact) mass is 301 g/mol. The first-order valence-electron chi connectivity index (χ1n) is 5.60. The number of benzene rings is 1. The summed E-state index contributed by atoms with van der Waals surface area (Å²) in [6, 6.07) is 4.41. The van der Waals surface area contributed by atoms with E-state index in [1.165, 1.54) is 12.1 Å². The fourth-order valence-electron chi connectivity index (χ4n) is 1.66. The van der Waals surface area contributed by atoms with Gasteiger partial charge in [-0.15, -0.1) is 0 Å². The molecule has 0 radical (unpaired) electrons. The van der Waals surface area contributed by atoms with E-state index in [1.807, 2.05) is 20.8 Å². The van der Waals surface area contributed by atoms with Gasteiger partial charge in [-0.1, -0.05) is 22.0 Å². The lowest BCUT2D eigenvalue weighted by molar-refractivity contribution is 0.0718. The minimum Gasteiger partial charge on any atom is -0.335 e. The van der Waals surface area contributed by atoms with Gasteiger partial charge in [0.2, 0.25) is 0 Å². The quantitative estimate of drug-likeness (QED) is 0.781. The minimum atomic E-state index is -0.374. The molecule has 2 nitrogen and oxygen atoms in total. The van der Waals surface area contributed by atoms with Gasteiger partial charge in [-0.2, -0.15) is 0 Å². The van der Waals surface area contributed by atoms with Crippen LogP contribution in [0.5, 0.6) is 0 Å². The van der Waals surface area contributed by atoms with Crippen LogP contribution >= 0.6 is 15.9 Å². The second-order valence-electron chi connectivity index (χ2n) is 4.24. The van der Waals surface area contributed by atoms with Crippen LogP contribution in [0, 0.1) is 12.7 Å². The van der Waals surface area contributed by atoms with Crippen LogP contribution in [0.25, 0.3) is 0 Å². The second-order valence-corrected chi connectivity index (χ2v) is 5.03. The van der Waals surface area contributed by atoms with E-state index in [1.54, 1.807) is 11.0 Å². The maximum absolute atomic E-state index is 13.2. The number of carbonyl (C=O) groups is 1. The average Bonchev–Trinajstić information content (AvgIpc) is 2.28. The van der Waals surface area contributed by atoms with Crippen molar-refractivity contribution >= 4 is 21.8 Å². The highest BCUT2D eigenvalue weighted by Crippen LogP contribution is 2.15. The molecule has 0 aromatic heterocycles. The smallest absolute Gasteiger partial charge is 0.254 e. The Hall–Kier alpha value is -0.900. The Morgan fingerprint density at radius 3 is 2.65 bits per heavy atom. The van der Waals surface area contributed by atoms with Crippen molar-refractivity contribution in [2.75, 3.05) is 11.9 Å². The predicted octanol–water partition coefficient (Wildman–Crippen LogP) is 3.38. The van der Waals surface area contributed by atoms with E-state index in [9.17, 15) is 9.18 Å². The molecule has 1 amide bonds. The first kappa shape index (κ1) is 14.2. The van der Waals surface area contributed by atoms with Crippen LogP contribution < -0.4 is 0 Å². The van der Waals surface area contributed by atoms with Crippen LogP contribution in [-0.4, -0.2) is 28.7 Å². The lowest BCUT2D eigenvalue weighted by Crippen LogP contribution is -2.38. The molecule has 1 aromatic carbocycles. The summed E-state index contributed by atoms with van der Waals surface area (Å²) >= 11 is 3.32. The largest absolute Gasteiger partial charge is 0.335 e. The van der Waals surface area contributed by atoms with Crippen LogP contribution in [0.1, 0.15) is 29.8 Å². The van der Waals surface area contributed by atoms with Crippen molar-refractivity contribution in [1.82, 2.24) is 4.90 Å². The van der Waals surface area contributed by atoms with Gasteiger partial charge in [-0.25, -0.2) is 4.39 Å². The summed E-state index contributed by atoms with van der Waals surface area (Å²) in [6.45, 7) is 6.34. The first-order chi connectivity index (χ1) is 7.97. The average molecular weight is 302 g/mol. The Kier molecular flexibility index (Phi) is 5.12. The number of hydrogen-bond donors (Lipinski definition) is 0. The highest BCUT2D eigenvalue weighted by molar-refractivity contribution is 9.09. The van der Waals surface area contributed by atoms with E-state index < -0.39 is 0 Å². The molecule has 0 aliphatic rings. The third-order valence-corrected chi connectivity index (χ3v) is 2.99. The molecule has 0 aliphatic carbocycles.